The molecule has 14 nitrogen and oxygen atoms in total. The van der Waals surface area contributed by atoms with Crippen LogP contribution in [0.2, 0.25) is 0 Å². The number of hydrogen-bond acceptors (Lipinski definition) is 14. The molecule has 2 rings (SSSR count). The Morgan fingerprint density at radius 3 is 1.34 bits per heavy atom. The molecule has 0 aromatic carbocycles. The van der Waals surface area contributed by atoms with Crippen molar-refractivity contribution in [1.29, 1.82) is 0 Å². The third kappa shape index (κ3) is 8.13. The highest BCUT2D eigenvalue weighted by Gasteiger charge is 2.52. The molecule has 0 amide bonds. The molecule has 198 valence electrons. The van der Waals surface area contributed by atoms with Gasteiger partial charge in [0.25, 0.3) is 0 Å². The van der Waals surface area contributed by atoms with Crippen LogP contribution in [0.15, 0.2) is 0 Å². The van der Waals surface area contributed by atoms with Gasteiger partial charge in [0.05, 0.1) is 13.2 Å². The van der Waals surface area contributed by atoms with Crippen LogP contribution in [0.4, 0.5) is 0 Å². The SMILES string of the molecule is COC1OCC(OC(C)=O)C(OC2OCC(OC(C)=O)C(OC(C)=O)C2OC(C)=O)C1OC(C)=O. The van der Waals surface area contributed by atoms with E-state index in [1.165, 1.54) is 14.0 Å². The molecule has 2 aliphatic rings. The summed E-state index contributed by atoms with van der Waals surface area (Å²) in [5.74, 6) is -3.58. The third-order valence-corrected chi connectivity index (χ3v) is 4.83. The fourth-order valence-corrected chi connectivity index (χ4v) is 3.72. The first-order valence-corrected chi connectivity index (χ1v) is 10.7. The minimum atomic E-state index is -1.42. The first kappa shape index (κ1) is 28.4. The molecule has 0 radical (unpaired) electrons. The van der Waals surface area contributed by atoms with E-state index in [0.29, 0.717) is 0 Å². The second-order valence-electron chi connectivity index (χ2n) is 7.76. The van der Waals surface area contributed by atoms with E-state index in [9.17, 15) is 24.0 Å². The van der Waals surface area contributed by atoms with E-state index in [2.05, 4.69) is 0 Å². The van der Waals surface area contributed by atoms with Crippen molar-refractivity contribution in [3.05, 3.63) is 0 Å². The maximum absolute atomic E-state index is 11.9. The Hall–Kier alpha value is -2.81. The van der Waals surface area contributed by atoms with Crippen molar-refractivity contribution in [3.8, 4) is 0 Å². The molecule has 0 spiro atoms. The fourth-order valence-electron chi connectivity index (χ4n) is 3.72. The van der Waals surface area contributed by atoms with E-state index < -0.39 is 79.1 Å². The number of carbonyl (C=O) groups excluding carboxylic acids is 5. The molecule has 0 aromatic rings. The predicted molar refractivity (Wildman–Crippen MR) is 109 cm³/mol. The molecule has 8 unspecified atom stereocenters. The summed E-state index contributed by atoms with van der Waals surface area (Å²) in [7, 11) is 1.31. The second-order valence-corrected chi connectivity index (χ2v) is 7.76. The Kier molecular flexibility index (Phi) is 10.4. The van der Waals surface area contributed by atoms with Crippen LogP contribution in [-0.4, -0.2) is 99.4 Å². The lowest BCUT2D eigenvalue weighted by Crippen LogP contribution is -2.63. The van der Waals surface area contributed by atoms with Crippen LogP contribution in [0.25, 0.3) is 0 Å². The zero-order chi connectivity index (χ0) is 26.3. The summed E-state index contributed by atoms with van der Waals surface area (Å²) in [6.07, 6.45) is -9.86. The van der Waals surface area contributed by atoms with E-state index in [1.807, 2.05) is 0 Å². The van der Waals surface area contributed by atoms with Crippen LogP contribution in [0, 0.1) is 0 Å². The molecule has 2 aliphatic heterocycles. The molecule has 14 heteroatoms. The number of rotatable bonds is 8. The average molecular weight is 506 g/mol. The van der Waals surface area contributed by atoms with E-state index in [0.717, 1.165) is 27.7 Å². The Morgan fingerprint density at radius 2 is 0.914 bits per heavy atom. The summed E-state index contributed by atoms with van der Waals surface area (Å²) in [5, 5.41) is 0. The van der Waals surface area contributed by atoms with Gasteiger partial charge in [0.2, 0.25) is 0 Å². The van der Waals surface area contributed by atoms with Gasteiger partial charge in [-0.25, -0.2) is 0 Å². The summed E-state index contributed by atoms with van der Waals surface area (Å²) in [5.41, 5.74) is 0. The van der Waals surface area contributed by atoms with Gasteiger partial charge in [-0.2, -0.15) is 0 Å². The summed E-state index contributed by atoms with van der Waals surface area (Å²) in [6, 6.07) is 0. The van der Waals surface area contributed by atoms with Gasteiger partial charge in [0.15, 0.2) is 43.1 Å². The summed E-state index contributed by atoms with van der Waals surface area (Å²) in [6.45, 7) is 5.21. The topological polar surface area (TPSA) is 168 Å². The Bertz CT molecular complexity index is 797. The van der Waals surface area contributed by atoms with E-state index in [1.54, 1.807) is 0 Å². The van der Waals surface area contributed by atoms with Crippen LogP contribution < -0.4 is 0 Å². The molecule has 0 aliphatic carbocycles. The van der Waals surface area contributed by atoms with Crippen LogP contribution in [0.1, 0.15) is 34.6 Å². The van der Waals surface area contributed by atoms with Gasteiger partial charge in [-0.1, -0.05) is 0 Å². The van der Waals surface area contributed by atoms with Crippen molar-refractivity contribution >= 4 is 29.8 Å². The van der Waals surface area contributed by atoms with Crippen molar-refractivity contribution in [2.24, 2.45) is 0 Å². The Balaban J connectivity index is 2.42. The first-order valence-electron chi connectivity index (χ1n) is 10.7. The largest absolute Gasteiger partial charge is 0.457 e. The van der Waals surface area contributed by atoms with E-state index >= 15 is 0 Å². The van der Waals surface area contributed by atoms with Crippen molar-refractivity contribution in [2.75, 3.05) is 20.3 Å². The highest BCUT2D eigenvalue weighted by molar-refractivity contribution is 5.68. The minimum absolute atomic E-state index is 0.186. The molecule has 8 atom stereocenters. The quantitative estimate of drug-likeness (QED) is 0.302. The highest BCUT2D eigenvalue weighted by atomic mass is 16.8. The number of carbonyl (C=O) groups is 5. The second kappa shape index (κ2) is 12.8. The van der Waals surface area contributed by atoms with Gasteiger partial charge in [0.1, 0.15) is 6.10 Å². The van der Waals surface area contributed by atoms with Crippen LogP contribution in [0.3, 0.4) is 0 Å². The maximum Gasteiger partial charge on any atom is 0.303 e. The molecule has 0 aromatic heterocycles. The zero-order valence-corrected chi connectivity index (χ0v) is 20.2. The number of hydrogen-bond donors (Lipinski definition) is 0. The maximum atomic E-state index is 11.9. The van der Waals surface area contributed by atoms with Crippen molar-refractivity contribution in [2.45, 2.75) is 83.8 Å². The van der Waals surface area contributed by atoms with E-state index in [-0.39, 0.29) is 13.2 Å². The predicted octanol–water partition coefficient (Wildman–Crippen LogP) is -0.611. The molecule has 0 saturated carbocycles. The van der Waals surface area contributed by atoms with Gasteiger partial charge >= 0.3 is 29.8 Å². The third-order valence-electron chi connectivity index (χ3n) is 4.83. The van der Waals surface area contributed by atoms with Crippen LogP contribution in [-0.2, 0) is 66.6 Å². The van der Waals surface area contributed by atoms with Crippen molar-refractivity contribution in [1.82, 2.24) is 0 Å². The molecule has 0 bridgehead atoms. The Morgan fingerprint density at radius 1 is 0.543 bits per heavy atom. The number of esters is 5. The minimum Gasteiger partial charge on any atom is -0.457 e. The first-order chi connectivity index (χ1) is 16.4. The zero-order valence-electron chi connectivity index (χ0n) is 20.2. The average Bonchev–Trinajstić information content (AvgIpc) is 2.72. The van der Waals surface area contributed by atoms with E-state index in [4.69, 9.17) is 42.6 Å². The van der Waals surface area contributed by atoms with Gasteiger partial charge in [-0.05, 0) is 0 Å². The number of methoxy groups -OCH3 is 1. The fraction of sp³-hybridized carbons (Fsp3) is 0.762. The van der Waals surface area contributed by atoms with Gasteiger partial charge in [0, 0.05) is 41.7 Å². The lowest BCUT2D eigenvalue weighted by atomic mass is 10.0. The molecule has 2 fully saturated rings. The lowest BCUT2D eigenvalue weighted by Gasteiger charge is -2.45. The molecule has 0 N–H and O–H groups in total. The molecular weight excluding hydrogens is 476 g/mol. The smallest absolute Gasteiger partial charge is 0.303 e. The van der Waals surface area contributed by atoms with Crippen molar-refractivity contribution < 1.29 is 66.6 Å². The summed E-state index contributed by atoms with van der Waals surface area (Å²) in [4.78, 5) is 58.6. The van der Waals surface area contributed by atoms with Gasteiger partial charge in [-0.3, -0.25) is 24.0 Å². The van der Waals surface area contributed by atoms with Gasteiger partial charge < -0.3 is 42.6 Å². The summed E-state index contributed by atoms with van der Waals surface area (Å²) >= 11 is 0. The normalized spacial score (nSPS) is 32.6. The molecule has 2 saturated heterocycles. The number of ether oxygens (including phenoxy) is 9. The van der Waals surface area contributed by atoms with Crippen LogP contribution in [0.5, 0.6) is 0 Å². The molecule has 2 heterocycles. The monoisotopic (exact) mass is 506 g/mol. The summed E-state index contributed by atoms with van der Waals surface area (Å²) < 4.78 is 48.8. The highest BCUT2D eigenvalue weighted by Crippen LogP contribution is 2.31. The molecule has 35 heavy (non-hydrogen) atoms. The van der Waals surface area contributed by atoms with Gasteiger partial charge in [-0.15, -0.1) is 0 Å². The van der Waals surface area contributed by atoms with Crippen LogP contribution >= 0.6 is 0 Å². The Labute approximate surface area is 201 Å². The molecular formula is C21H30O14. The lowest BCUT2D eigenvalue weighted by molar-refractivity contribution is -0.335. The standard InChI is InChI=1S/C21H30O14/c1-9(22)30-14-8-29-21(19(34-13(5)26)16(14)32-11(3)24)35-17-15(31-10(2)23)7-28-20(27-6)18(17)33-12(4)25/h14-21H,7-8H2,1-6H3. The van der Waals surface area contributed by atoms with Crippen molar-refractivity contribution in [3.63, 3.8) is 0 Å².